The first-order valence-corrected chi connectivity index (χ1v) is 19.4. The molecule has 1 saturated carbocycles. The lowest BCUT2D eigenvalue weighted by molar-refractivity contribution is -0.136. The maximum atomic E-state index is 13.8. The number of nitrogens with two attached hydrogens (primary N) is 2. The molecule has 0 spiro atoms. The maximum absolute atomic E-state index is 13.8. The molecule has 0 aromatic heterocycles. The summed E-state index contributed by atoms with van der Waals surface area (Å²) in [4.78, 5) is 67.5. The first-order chi connectivity index (χ1) is 24.7. The number of likely N-dealkylation sites (N-methyl/N-ethyl adjacent to an activating group) is 2. The zero-order valence-electron chi connectivity index (χ0n) is 33.3. The number of ether oxygens (including phenoxy) is 2. The third kappa shape index (κ3) is 16.3. The number of hydrogen-bond donors (Lipinski definition) is 6. The van der Waals surface area contributed by atoms with Crippen LogP contribution in [0.4, 0.5) is 0 Å². The lowest BCUT2D eigenvalue weighted by atomic mass is 9.83. The normalized spacial score (nSPS) is 17.5. The number of carbonyl (C=O) groups is 5. The van der Waals surface area contributed by atoms with Crippen LogP contribution in [0.1, 0.15) is 119 Å². The van der Waals surface area contributed by atoms with Crippen LogP contribution in [0, 0.1) is 11.8 Å². The Morgan fingerprint density at radius 2 is 1.58 bits per heavy atom. The highest BCUT2D eigenvalue weighted by Gasteiger charge is 2.34. The fourth-order valence-electron chi connectivity index (χ4n) is 6.54. The van der Waals surface area contributed by atoms with Crippen molar-refractivity contribution in [2.24, 2.45) is 23.3 Å². The SMILES string of the molecule is CCCCCC/C(O[C@@H](C)NC(=O)C(NC(=O)C(CN)NC(=O)C(NC)C1CCCCC1)C(C)OCCCN)=C(\C)C(=O)N(C)C(C=O)CC(C)C. The Kier molecular flexibility index (Phi) is 23.3. The number of carbonyl (C=O) groups excluding carboxylic acids is 5. The molecule has 14 heteroatoms. The van der Waals surface area contributed by atoms with Crippen molar-refractivity contribution >= 4 is 29.9 Å². The molecule has 1 aliphatic rings. The summed E-state index contributed by atoms with van der Waals surface area (Å²) >= 11 is 0. The molecule has 0 aromatic carbocycles. The van der Waals surface area contributed by atoms with E-state index in [0.717, 1.165) is 64.1 Å². The van der Waals surface area contributed by atoms with E-state index in [9.17, 15) is 24.0 Å². The van der Waals surface area contributed by atoms with Gasteiger partial charge in [0.15, 0.2) is 6.23 Å². The molecule has 0 radical (unpaired) electrons. The topological polar surface area (TPSA) is 207 Å². The number of nitrogens with zero attached hydrogens (tertiary/aromatic N) is 1. The predicted octanol–water partition coefficient (Wildman–Crippen LogP) is 2.63. The molecule has 6 atom stereocenters. The Balaban J connectivity index is 3.21. The molecule has 1 rings (SSSR count). The minimum atomic E-state index is -1.17. The number of unbranched alkanes of at least 4 members (excludes halogenated alkanes) is 3. The quantitative estimate of drug-likeness (QED) is 0.0252. The molecule has 0 aromatic rings. The average molecular weight is 738 g/mol. The summed E-state index contributed by atoms with van der Waals surface area (Å²) in [6.07, 6.45) is 9.55. The predicted molar refractivity (Wildman–Crippen MR) is 204 cm³/mol. The summed E-state index contributed by atoms with van der Waals surface area (Å²) in [6.45, 7) is 11.6. The Morgan fingerprint density at radius 3 is 2.13 bits per heavy atom. The summed E-state index contributed by atoms with van der Waals surface area (Å²) in [7, 11) is 3.34. The van der Waals surface area contributed by atoms with E-state index >= 15 is 0 Å². The molecule has 0 saturated heterocycles. The first-order valence-electron chi connectivity index (χ1n) is 19.4. The Morgan fingerprint density at radius 1 is 0.904 bits per heavy atom. The summed E-state index contributed by atoms with van der Waals surface area (Å²) in [5.74, 6) is -1.04. The third-order valence-electron chi connectivity index (χ3n) is 9.71. The van der Waals surface area contributed by atoms with E-state index in [4.69, 9.17) is 20.9 Å². The molecule has 8 N–H and O–H groups in total. The van der Waals surface area contributed by atoms with Gasteiger partial charge in [-0.05, 0) is 78.3 Å². The molecule has 0 bridgehead atoms. The van der Waals surface area contributed by atoms with E-state index in [0.29, 0.717) is 37.1 Å². The van der Waals surface area contributed by atoms with Crippen molar-refractivity contribution in [2.75, 3.05) is 33.8 Å². The number of amides is 4. The standard InChI is InChI=1S/C38H71N7O7/c1-9-10-11-15-19-32(26(4)38(50)45(8)30(24-46)22-25(2)3)52-28(6)42-36(48)33(27(5)51-21-16-20-39)44-35(47)31(23-40)43-37(49)34(41-7)29-17-13-12-14-18-29/h24-25,27-31,33-34,41H,9-23,39-40H2,1-8H3,(H,42,48)(H,43,49)(H,44,47)/b32-26-/t27?,28-,30?,31?,33?,34?/m0/s1. The minimum Gasteiger partial charge on any atom is -0.475 e. The lowest BCUT2D eigenvalue weighted by Gasteiger charge is -2.31. The van der Waals surface area contributed by atoms with Gasteiger partial charge >= 0.3 is 0 Å². The zero-order chi connectivity index (χ0) is 39.2. The van der Waals surface area contributed by atoms with Crippen LogP contribution in [0.15, 0.2) is 11.3 Å². The van der Waals surface area contributed by atoms with Gasteiger partial charge in [-0.2, -0.15) is 0 Å². The van der Waals surface area contributed by atoms with Crippen molar-refractivity contribution in [2.45, 2.75) is 155 Å². The van der Waals surface area contributed by atoms with Gasteiger partial charge in [0.1, 0.15) is 24.1 Å². The maximum Gasteiger partial charge on any atom is 0.253 e. The molecule has 14 nitrogen and oxygen atoms in total. The Bertz CT molecular complexity index is 1130. The molecule has 300 valence electrons. The Hall–Kier alpha value is -3.07. The van der Waals surface area contributed by atoms with Crippen molar-refractivity contribution < 1.29 is 33.4 Å². The lowest BCUT2D eigenvalue weighted by Crippen LogP contribution is -2.61. The summed E-state index contributed by atoms with van der Waals surface area (Å²) in [5, 5.41) is 11.5. The molecular weight excluding hydrogens is 666 g/mol. The molecule has 52 heavy (non-hydrogen) atoms. The van der Waals surface area contributed by atoms with Gasteiger partial charge in [0.2, 0.25) is 17.7 Å². The molecule has 4 amide bonds. The molecule has 0 heterocycles. The minimum absolute atomic E-state index is 0.160. The second-order valence-electron chi connectivity index (χ2n) is 14.5. The van der Waals surface area contributed by atoms with E-state index in [-0.39, 0.29) is 36.8 Å². The molecule has 1 aliphatic carbocycles. The molecule has 1 fully saturated rings. The largest absolute Gasteiger partial charge is 0.475 e. The fourth-order valence-corrected chi connectivity index (χ4v) is 6.54. The van der Waals surface area contributed by atoms with Crippen molar-refractivity contribution in [1.29, 1.82) is 0 Å². The Labute approximate surface area is 312 Å². The highest BCUT2D eigenvalue weighted by Crippen LogP contribution is 2.26. The van der Waals surface area contributed by atoms with E-state index in [1.165, 1.54) is 4.90 Å². The van der Waals surface area contributed by atoms with Gasteiger partial charge in [-0.15, -0.1) is 0 Å². The smallest absolute Gasteiger partial charge is 0.253 e. The number of hydrogen-bond acceptors (Lipinski definition) is 10. The second kappa shape index (κ2) is 25.8. The van der Waals surface area contributed by atoms with Gasteiger partial charge in [-0.3, -0.25) is 19.2 Å². The van der Waals surface area contributed by atoms with Gasteiger partial charge in [0.05, 0.1) is 23.8 Å². The van der Waals surface area contributed by atoms with Crippen molar-refractivity contribution in [1.82, 2.24) is 26.2 Å². The van der Waals surface area contributed by atoms with E-state index in [1.807, 2.05) is 13.8 Å². The number of rotatable bonds is 26. The summed E-state index contributed by atoms with van der Waals surface area (Å²) in [5.41, 5.74) is 12.0. The monoisotopic (exact) mass is 738 g/mol. The highest BCUT2D eigenvalue weighted by atomic mass is 16.5. The average Bonchev–Trinajstić information content (AvgIpc) is 3.12. The molecule has 0 aliphatic heterocycles. The van der Waals surface area contributed by atoms with Crippen LogP contribution in [-0.2, 0) is 33.4 Å². The van der Waals surface area contributed by atoms with E-state index in [1.54, 1.807) is 34.9 Å². The summed E-state index contributed by atoms with van der Waals surface area (Å²) in [6, 6.07) is -3.29. The van der Waals surface area contributed by atoms with Crippen molar-refractivity contribution in [3.8, 4) is 0 Å². The zero-order valence-corrected chi connectivity index (χ0v) is 33.3. The van der Waals surface area contributed by atoms with Gasteiger partial charge in [0.25, 0.3) is 5.91 Å². The van der Waals surface area contributed by atoms with E-state index < -0.39 is 48.3 Å². The summed E-state index contributed by atoms with van der Waals surface area (Å²) < 4.78 is 12.1. The second-order valence-corrected chi connectivity index (χ2v) is 14.5. The highest BCUT2D eigenvalue weighted by molar-refractivity contribution is 5.95. The van der Waals surface area contributed by atoms with Crippen LogP contribution in [0.3, 0.4) is 0 Å². The van der Waals surface area contributed by atoms with Crippen molar-refractivity contribution in [3.63, 3.8) is 0 Å². The number of aldehydes is 1. The van der Waals surface area contributed by atoms with Gasteiger partial charge in [-0.25, -0.2) is 0 Å². The van der Waals surface area contributed by atoms with Crippen LogP contribution in [0.5, 0.6) is 0 Å². The van der Waals surface area contributed by atoms with Crippen LogP contribution in [0.25, 0.3) is 0 Å². The number of allylic oxidation sites excluding steroid dienone is 1. The van der Waals surface area contributed by atoms with Crippen LogP contribution < -0.4 is 32.7 Å². The first kappa shape index (κ1) is 47.0. The van der Waals surface area contributed by atoms with Crippen molar-refractivity contribution in [3.05, 3.63) is 11.3 Å². The molecular formula is C38H71N7O7. The van der Waals surface area contributed by atoms with Crippen LogP contribution in [0.2, 0.25) is 0 Å². The van der Waals surface area contributed by atoms with Crippen LogP contribution >= 0.6 is 0 Å². The van der Waals surface area contributed by atoms with Gasteiger partial charge in [-0.1, -0.05) is 59.3 Å². The number of nitrogens with one attached hydrogen (secondary N) is 4. The third-order valence-corrected chi connectivity index (χ3v) is 9.71. The fraction of sp³-hybridized carbons (Fsp3) is 0.816. The van der Waals surface area contributed by atoms with Gasteiger partial charge < -0.3 is 51.9 Å². The van der Waals surface area contributed by atoms with Gasteiger partial charge in [0, 0.05) is 26.6 Å². The molecule has 5 unspecified atom stereocenters. The van der Waals surface area contributed by atoms with E-state index in [2.05, 4.69) is 28.2 Å². The van der Waals surface area contributed by atoms with Crippen LogP contribution in [-0.4, -0.2) is 105 Å².